The molecule has 7 nitrogen and oxygen atoms in total. The van der Waals surface area contributed by atoms with Crippen LogP contribution >= 0.6 is 11.3 Å². The smallest absolute Gasteiger partial charge is 0.348 e. The van der Waals surface area contributed by atoms with Gasteiger partial charge in [-0.3, -0.25) is 4.79 Å². The van der Waals surface area contributed by atoms with E-state index in [0.29, 0.717) is 17.0 Å². The van der Waals surface area contributed by atoms with E-state index < -0.39 is 18.2 Å². The van der Waals surface area contributed by atoms with Gasteiger partial charge in [0.25, 0.3) is 0 Å². The summed E-state index contributed by atoms with van der Waals surface area (Å²) in [6.07, 6.45) is 2.58. The Hall–Kier alpha value is -2.26. The Morgan fingerprint density at radius 2 is 1.97 bits per heavy atom. The quantitative estimate of drug-likeness (QED) is 0.390. The molecule has 2 N–H and O–H groups in total. The summed E-state index contributed by atoms with van der Waals surface area (Å²) in [6, 6.07) is 10.3. The third kappa shape index (κ3) is 5.95. The number of methoxy groups -OCH3 is 1. The molecule has 1 aliphatic rings. The number of nitrogens with zero attached hydrogens (tertiary/aromatic N) is 1. The Morgan fingerprint density at radius 1 is 1.22 bits per heavy atom. The van der Waals surface area contributed by atoms with Gasteiger partial charge in [0, 0.05) is 10.6 Å². The highest BCUT2D eigenvalue weighted by atomic mass is 32.1. The van der Waals surface area contributed by atoms with Gasteiger partial charge in [0.05, 0.1) is 45.0 Å². The van der Waals surface area contributed by atoms with E-state index in [0.717, 1.165) is 29.7 Å². The van der Waals surface area contributed by atoms with Gasteiger partial charge in [-0.15, -0.1) is 11.3 Å². The zero-order valence-electron chi connectivity index (χ0n) is 18.5. The molecule has 0 saturated carbocycles. The zero-order valence-corrected chi connectivity index (χ0v) is 19.3. The van der Waals surface area contributed by atoms with E-state index in [2.05, 4.69) is 6.92 Å². The number of hydrogen-bond acceptors (Lipinski definition) is 7. The summed E-state index contributed by atoms with van der Waals surface area (Å²) in [5.74, 6) is -0.547. The van der Waals surface area contributed by atoms with Crippen LogP contribution in [0, 0.1) is 0 Å². The standard InChI is InChI=1S/C24H31NO6S/c1-3-4-5-6-20(26)16-7-9-17(10-8-16)25-19(21(27)13-23(25)28)15-31-14-18-11-12-22(32-18)24(29)30-2/h7-12,19-21,26-27H,3-6,13-15H2,1-2H3/t19-,20?,21+/m0/s1. The molecule has 32 heavy (non-hydrogen) atoms. The monoisotopic (exact) mass is 461 g/mol. The normalized spacial score (nSPS) is 19.4. The third-order valence-electron chi connectivity index (χ3n) is 5.65. The fourth-order valence-corrected chi connectivity index (χ4v) is 4.71. The minimum absolute atomic E-state index is 0.0426. The van der Waals surface area contributed by atoms with Crippen LogP contribution in [0.4, 0.5) is 5.69 Å². The molecule has 2 heterocycles. The topological polar surface area (TPSA) is 96.3 Å². The number of aliphatic hydroxyl groups is 2. The zero-order chi connectivity index (χ0) is 23.1. The SMILES string of the molecule is CCCCCC(O)c1ccc(N2C(=O)C[C@@H](O)[C@@H]2COCc2ccc(C(=O)OC)s2)cc1. The van der Waals surface area contributed by atoms with Crippen molar-refractivity contribution >= 4 is 28.9 Å². The number of anilines is 1. The van der Waals surface area contributed by atoms with E-state index >= 15 is 0 Å². The molecule has 3 rings (SSSR count). The summed E-state index contributed by atoms with van der Waals surface area (Å²) < 4.78 is 10.5. The van der Waals surface area contributed by atoms with Crippen molar-refractivity contribution in [1.82, 2.24) is 0 Å². The van der Waals surface area contributed by atoms with Crippen LogP contribution in [0.5, 0.6) is 0 Å². The fraction of sp³-hybridized carbons (Fsp3) is 0.500. The van der Waals surface area contributed by atoms with Crippen molar-refractivity contribution in [2.75, 3.05) is 18.6 Å². The number of ether oxygens (including phenoxy) is 2. The maximum Gasteiger partial charge on any atom is 0.348 e. The van der Waals surface area contributed by atoms with Gasteiger partial charge in [-0.25, -0.2) is 4.79 Å². The predicted molar refractivity (Wildman–Crippen MR) is 123 cm³/mol. The molecule has 1 amide bonds. The molecule has 0 radical (unpaired) electrons. The number of carbonyl (C=O) groups is 2. The molecule has 1 fully saturated rings. The minimum atomic E-state index is -0.823. The minimum Gasteiger partial charge on any atom is -0.465 e. The Labute approximate surface area is 192 Å². The van der Waals surface area contributed by atoms with Crippen LogP contribution < -0.4 is 4.90 Å². The van der Waals surface area contributed by atoms with Crippen molar-refractivity contribution in [3.63, 3.8) is 0 Å². The van der Waals surface area contributed by atoms with Gasteiger partial charge in [-0.1, -0.05) is 38.3 Å². The second kappa shape index (κ2) is 11.6. The summed E-state index contributed by atoms with van der Waals surface area (Å²) in [6.45, 7) is 2.57. The number of carbonyl (C=O) groups excluding carboxylic acids is 2. The predicted octanol–water partition coefficient (Wildman–Crippen LogP) is 3.83. The second-order valence-electron chi connectivity index (χ2n) is 7.98. The van der Waals surface area contributed by atoms with Crippen LogP contribution in [0.2, 0.25) is 0 Å². The lowest BCUT2D eigenvalue weighted by molar-refractivity contribution is -0.117. The average molecular weight is 462 g/mol. The highest BCUT2D eigenvalue weighted by Gasteiger charge is 2.39. The average Bonchev–Trinajstić information content (AvgIpc) is 3.37. The first-order valence-electron chi connectivity index (χ1n) is 11.0. The Bertz CT molecular complexity index is 896. The van der Waals surface area contributed by atoms with Crippen LogP contribution in [0.25, 0.3) is 0 Å². The molecule has 1 unspecified atom stereocenters. The van der Waals surface area contributed by atoms with Crippen LogP contribution in [0.1, 0.15) is 65.2 Å². The van der Waals surface area contributed by atoms with E-state index in [1.165, 1.54) is 18.4 Å². The highest BCUT2D eigenvalue weighted by molar-refractivity contribution is 7.13. The van der Waals surface area contributed by atoms with Gasteiger partial charge in [-0.2, -0.15) is 0 Å². The number of hydrogen-bond donors (Lipinski definition) is 2. The van der Waals surface area contributed by atoms with Crippen molar-refractivity contribution in [1.29, 1.82) is 0 Å². The summed E-state index contributed by atoms with van der Waals surface area (Å²) >= 11 is 1.29. The summed E-state index contributed by atoms with van der Waals surface area (Å²) in [5, 5.41) is 20.8. The van der Waals surface area contributed by atoms with Crippen LogP contribution in [0.3, 0.4) is 0 Å². The van der Waals surface area contributed by atoms with Crippen LogP contribution in [-0.2, 0) is 20.9 Å². The molecule has 0 bridgehead atoms. The maximum absolute atomic E-state index is 12.5. The lowest BCUT2D eigenvalue weighted by Crippen LogP contribution is -2.40. The molecule has 174 valence electrons. The van der Waals surface area contributed by atoms with Gasteiger partial charge in [0.15, 0.2) is 0 Å². The van der Waals surface area contributed by atoms with Crippen LogP contribution in [-0.4, -0.2) is 48.0 Å². The van der Waals surface area contributed by atoms with Gasteiger partial charge < -0.3 is 24.6 Å². The van der Waals surface area contributed by atoms with Gasteiger partial charge in [0.1, 0.15) is 4.88 Å². The van der Waals surface area contributed by atoms with Crippen molar-refractivity contribution in [3.8, 4) is 0 Å². The number of unbranched alkanes of at least 4 members (excludes halogenated alkanes) is 2. The molecular formula is C24H31NO6S. The first kappa shape index (κ1) is 24.4. The number of amides is 1. The highest BCUT2D eigenvalue weighted by Crippen LogP contribution is 2.30. The van der Waals surface area contributed by atoms with Crippen molar-refractivity contribution < 1.29 is 29.3 Å². The van der Waals surface area contributed by atoms with Crippen molar-refractivity contribution in [3.05, 3.63) is 51.7 Å². The van der Waals surface area contributed by atoms with Crippen molar-refractivity contribution in [2.45, 2.75) is 63.9 Å². The molecule has 1 aromatic heterocycles. The summed E-state index contributed by atoms with van der Waals surface area (Å²) in [4.78, 5) is 27.1. The molecule has 1 aliphatic heterocycles. The molecular weight excluding hydrogens is 430 g/mol. The number of rotatable bonds is 11. The molecule has 1 aromatic carbocycles. The summed E-state index contributed by atoms with van der Waals surface area (Å²) in [7, 11) is 1.34. The van der Waals surface area contributed by atoms with Gasteiger partial charge in [-0.05, 0) is 36.2 Å². The molecule has 2 aromatic rings. The van der Waals surface area contributed by atoms with E-state index in [-0.39, 0.29) is 31.5 Å². The molecule has 0 spiro atoms. The molecule has 1 saturated heterocycles. The lowest BCUT2D eigenvalue weighted by atomic mass is 10.0. The molecule has 3 atom stereocenters. The molecule has 0 aliphatic carbocycles. The van der Waals surface area contributed by atoms with E-state index in [1.54, 1.807) is 17.0 Å². The second-order valence-corrected chi connectivity index (χ2v) is 9.15. The van der Waals surface area contributed by atoms with E-state index in [4.69, 9.17) is 9.47 Å². The van der Waals surface area contributed by atoms with Crippen LogP contribution in [0.15, 0.2) is 36.4 Å². The largest absolute Gasteiger partial charge is 0.465 e. The fourth-order valence-electron chi connectivity index (χ4n) is 3.85. The van der Waals surface area contributed by atoms with E-state index in [9.17, 15) is 19.8 Å². The number of aliphatic hydroxyl groups excluding tert-OH is 2. The lowest BCUT2D eigenvalue weighted by Gasteiger charge is -2.26. The van der Waals surface area contributed by atoms with Crippen molar-refractivity contribution in [2.24, 2.45) is 0 Å². The maximum atomic E-state index is 12.5. The van der Waals surface area contributed by atoms with Gasteiger partial charge in [0.2, 0.25) is 5.91 Å². The molecule has 8 heteroatoms. The Morgan fingerprint density at radius 3 is 2.66 bits per heavy atom. The number of benzene rings is 1. The Balaban J connectivity index is 1.60. The van der Waals surface area contributed by atoms with Gasteiger partial charge >= 0.3 is 5.97 Å². The first-order valence-corrected chi connectivity index (χ1v) is 11.8. The van der Waals surface area contributed by atoms with E-state index in [1.807, 2.05) is 24.3 Å². The third-order valence-corrected chi connectivity index (χ3v) is 6.69. The number of thiophene rings is 1. The number of esters is 1. The Kier molecular flexibility index (Phi) is 8.81. The first-order chi connectivity index (χ1) is 15.4. The summed E-state index contributed by atoms with van der Waals surface area (Å²) in [5.41, 5.74) is 1.50.